The van der Waals surface area contributed by atoms with Crippen LogP contribution in [0.4, 0.5) is 0 Å². The van der Waals surface area contributed by atoms with Gasteiger partial charge in [-0.15, -0.1) is 0 Å². The second-order valence-corrected chi connectivity index (χ2v) is 6.28. The summed E-state index contributed by atoms with van der Waals surface area (Å²) >= 11 is 0. The van der Waals surface area contributed by atoms with Gasteiger partial charge >= 0.3 is 0 Å². The fourth-order valence-corrected chi connectivity index (χ4v) is 3.49. The number of methoxy groups -OCH3 is 2. The van der Waals surface area contributed by atoms with E-state index in [0.29, 0.717) is 36.1 Å². The van der Waals surface area contributed by atoms with Crippen molar-refractivity contribution in [1.29, 1.82) is 0 Å². The van der Waals surface area contributed by atoms with Crippen LogP contribution in [0.2, 0.25) is 0 Å². The van der Waals surface area contributed by atoms with Crippen molar-refractivity contribution in [2.24, 2.45) is 0 Å². The summed E-state index contributed by atoms with van der Waals surface area (Å²) < 4.78 is 28.2. The molecule has 2 aliphatic rings. The van der Waals surface area contributed by atoms with Crippen molar-refractivity contribution in [3.8, 4) is 17.4 Å². The molecule has 0 radical (unpaired) electrons. The molecule has 1 aromatic carbocycles. The number of aromatic nitrogens is 2. The number of ether oxygens (including phenoxy) is 5. The summed E-state index contributed by atoms with van der Waals surface area (Å²) in [6.07, 6.45) is 4.72. The topological polar surface area (TPSA) is 71.9 Å². The van der Waals surface area contributed by atoms with Gasteiger partial charge in [-0.2, -0.15) is 0 Å². The zero-order valence-corrected chi connectivity index (χ0v) is 14.4. The van der Waals surface area contributed by atoms with Gasteiger partial charge in [-0.1, -0.05) is 0 Å². The molecule has 1 aliphatic heterocycles. The molecule has 7 heteroatoms. The number of hydrogen-bond acceptors (Lipinski definition) is 7. The van der Waals surface area contributed by atoms with Crippen molar-refractivity contribution >= 4 is 11.0 Å². The molecule has 0 bridgehead atoms. The van der Waals surface area contributed by atoms with Crippen LogP contribution in [0, 0.1) is 0 Å². The van der Waals surface area contributed by atoms with Crippen LogP contribution in [-0.4, -0.2) is 55.7 Å². The summed E-state index contributed by atoms with van der Waals surface area (Å²) in [5.74, 6) is 1.76. The van der Waals surface area contributed by atoms with Crippen LogP contribution < -0.4 is 14.2 Å². The number of benzene rings is 1. The van der Waals surface area contributed by atoms with Crippen LogP contribution in [0.3, 0.4) is 0 Å². The number of fused-ring (bicyclic) bond motifs is 2. The SMILES string of the molecule is COc1cc2ncc(OC3CCC4OCCOC4C3)nc2cc1OC. The lowest BCUT2D eigenvalue weighted by Gasteiger charge is -2.38. The lowest BCUT2D eigenvalue weighted by molar-refractivity contribution is -0.166. The number of nitrogens with zero attached hydrogens (tertiary/aromatic N) is 2. The molecule has 25 heavy (non-hydrogen) atoms. The Balaban J connectivity index is 1.51. The minimum Gasteiger partial charge on any atom is -0.493 e. The van der Waals surface area contributed by atoms with E-state index in [0.717, 1.165) is 24.8 Å². The Hall–Kier alpha value is -2.12. The van der Waals surface area contributed by atoms with E-state index < -0.39 is 0 Å². The van der Waals surface area contributed by atoms with Gasteiger partial charge in [-0.05, 0) is 12.8 Å². The lowest BCUT2D eigenvalue weighted by atomic mass is 9.91. The van der Waals surface area contributed by atoms with Crippen LogP contribution >= 0.6 is 0 Å². The maximum atomic E-state index is 6.06. The highest BCUT2D eigenvalue weighted by molar-refractivity contribution is 5.79. The molecule has 7 nitrogen and oxygen atoms in total. The summed E-state index contributed by atoms with van der Waals surface area (Å²) in [6.45, 7) is 1.35. The van der Waals surface area contributed by atoms with Gasteiger partial charge in [0.25, 0.3) is 0 Å². The number of rotatable bonds is 4. The number of hydrogen-bond donors (Lipinski definition) is 0. The minimum atomic E-state index is 0.0647. The van der Waals surface area contributed by atoms with E-state index in [4.69, 9.17) is 23.7 Å². The summed E-state index contributed by atoms with van der Waals surface area (Å²) in [5.41, 5.74) is 1.44. The van der Waals surface area contributed by atoms with Gasteiger partial charge < -0.3 is 23.7 Å². The van der Waals surface area contributed by atoms with Gasteiger partial charge in [0.15, 0.2) is 11.5 Å². The van der Waals surface area contributed by atoms with Crippen molar-refractivity contribution in [1.82, 2.24) is 9.97 Å². The van der Waals surface area contributed by atoms with Crippen LogP contribution in [0.5, 0.6) is 17.4 Å². The first-order chi connectivity index (χ1) is 12.3. The molecule has 2 heterocycles. The fraction of sp³-hybridized carbons (Fsp3) is 0.556. The van der Waals surface area contributed by atoms with Gasteiger partial charge in [0, 0.05) is 18.6 Å². The zero-order chi connectivity index (χ0) is 17.2. The molecular weight excluding hydrogens is 324 g/mol. The molecule has 2 aromatic rings. The Bertz CT molecular complexity index is 754. The molecule has 4 rings (SSSR count). The normalized spacial score (nSPS) is 26.1. The van der Waals surface area contributed by atoms with E-state index >= 15 is 0 Å². The van der Waals surface area contributed by atoms with Crippen LogP contribution in [-0.2, 0) is 9.47 Å². The van der Waals surface area contributed by atoms with Gasteiger partial charge in [0.2, 0.25) is 5.88 Å². The maximum absolute atomic E-state index is 6.06. The minimum absolute atomic E-state index is 0.0647. The van der Waals surface area contributed by atoms with Crippen molar-refractivity contribution in [2.45, 2.75) is 37.6 Å². The highest BCUT2D eigenvalue weighted by Gasteiger charge is 2.35. The van der Waals surface area contributed by atoms with Crippen molar-refractivity contribution in [2.75, 3.05) is 27.4 Å². The zero-order valence-electron chi connectivity index (χ0n) is 14.4. The Morgan fingerprint density at radius 1 is 0.960 bits per heavy atom. The molecule has 3 atom stereocenters. The predicted octanol–water partition coefficient (Wildman–Crippen LogP) is 2.36. The van der Waals surface area contributed by atoms with E-state index in [-0.39, 0.29) is 18.3 Å². The molecule has 1 saturated carbocycles. The van der Waals surface area contributed by atoms with E-state index in [2.05, 4.69) is 9.97 Å². The fourth-order valence-electron chi connectivity index (χ4n) is 3.49. The van der Waals surface area contributed by atoms with Crippen LogP contribution in [0.1, 0.15) is 19.3 Å². The summed E-state index contributed by atoms with van der Waals surface area (Å²) in [5, 5.41) is 0. The van der Waals surface area contributed by atoms with Gasteiger partial charge in [-0.3, -0.25) is 0 Å². The van der Waals surface area contributed by atoms with Crippen molar-refractivity contribution < 1.29 is 23.7 Å². The second-order valence-electron chi connectivity index (χ2n) is 6.28. The molecule has 0 spiro atoms. The average molecular weight is 346 g/mol. The highest BCUT2D eigenvalue weighted by Crippen LogP contribution is 2.32. The van der Waals surface area contributed by atoms with Crippen LogP contribution in [0.25, 0.3) is 11.0 Å². The standard InChI is InChI=1S/C18H22N2O5/c1-21-15-8-12-13(9-16(15)22-2)20-18(10-19-12)25-11-3-4-14-17(7-11)24-6-5-23-14/h8-11,14,17H,3-7H2,1-2H3. The second kappa shape index (κ2) is 7.01. The molecular formula is C18H22N2O5. The molecule has 1 saturated heterocycles. The maximum Gasteiger partial charge on any atom is 0.233 e. The summed E-state index contributed by atoms with van der Waals surface area (Å²) in [6, 6.07) is 3.62. The van der Waals surface area contributed by atoms with Gasteiger partial charge in [-0.25, -0.2) is 9.97 Å². The van der Waals surface area contributed by atoms with E-state index in [1.54, 1.807) is 20.4 Å². The predicted molar refractivity (Wildman–Crippen MR) is 90.4 cm³/mol. The van der Waals surface area contributed by atoms with Gasteiger partial charge in [0.05, 0.1) is 56.9 Å². The van der Waals surface area contributed by atoms with E-state index in [1.807, 2.05) is 12.1 Å². The smallest absolute Gasteiger partial charge is 0.233 e. The first-order valence-corrected chi connectivity index (χ1v) is 8.55. The Morgan fingerprint density at radius 2 is 1.68 bits per heavy atom. The first-order valence-electron chi connectivity index (χ1n) is 8.55. The highest BCUT2D eigenvalue weighted by atomic mass is 16.6. The summed E-state index contributed by atoms with van der Waals surface area (Å²) in [7, 11) is 3.20. The molecule has 134 valence electrons. The third kappa shape index (κ3) is 3.34. The quantitative estimate of drug-likeness (QED) is 0.841. The molecule has 0 N–H and O–H groups in total. The van der Waals surface area contributed by atoms with Crippen LogP contribution in [0.15, 0.2) is 18.3 Å². The Labute approximate surface area is 146 Å². The monoisotopic (exact) mass is 346 g/mol. The van der Waals surface area contributed by atoms with Crippen molar-refractivity contribution in [3.63, 3.8) is 0 Å². The molecule has 2 fully saturated rings. The van der Waals surface area contributed by atoms with Crippen molar-refractivity contribution in [3.05, 3.63) is 18.3 Å². The lowest BCUT2D eigenvalue weighted by Crippen LogP contribution is -2.45. The summed E-state index contributed by atoms with van der Waals surface area (Å²) in [4.78, 5) is 9.00. The molecule has 3 unspecified atom stereocenters. The van der Waals surface area contributed by atoms with E-state index in [9.17, 15) is 0 Å². The molecule has 0 amide bonds. The first kappa shape index (κ1) is 16.4. The van der Waals surface area contributed by atoms with E-state index in [1.165, 1.54) is 0 Å². The third-order valence-electron chi connectivity index (χ3n) is 4.74. The molecule has 1 aliphatic carbocycles. The van der Waals surface area contributed by atoms with Gasteiger partial charge in [0.1, 0.15) is 6.10 Å². The largest absolute Gasteiger partial charge is 0.493 e. The Kier molecular flexibility index (Phi) is 4.59. The third-order valence-corrected chi connectivity index (χ3v) is 4.74. The molecule has 1 aromatic heterocycles. The average Bonchev–Trinajstić information content (AvgIpc) is 2.66. The Morgan fingerprint density at radius 3 is 2.44 bits per heavy atom.